The molecule has 4 heteroatoms. The molecule has 1 aliphatic rings. The Labute approximate surface area is 124 Å². The summed E-state index contributed by atoms with van der Waals surface area (Å²) in [5.74, 6) is 0.966. The van der Waals surface area contributed by atoms with Crippen LogP contribution in [0.15, 0.2) is 22.7 Å². The van der Waals surface area contributed by atoms with Gasteiger partial charge in [0.05, 0.1) is 0 Å². The molecule has 0 spiro atoms. The van der Waals surface area contributed by atoms with E-state index in [0.29, 0.717) is 12.1 Å². The molecule has 1 saturated heterocycles. The van der Waals surface area contributed by atoms with Crippen LogP contribution in [0.3, 0.4) is 0 Å². The number of hydrogen-bond acceptors (Lipinski definition) is 3. The summed E-state index contributed by atoms with van der Waals surface area (Å²) in [5, 5.41) is 3.25. The minimum atomic E-state index is 0.340. The molecule has 106 valence electrons. The quantitative estimate of drug-likeness (QED) is 0.919. The van der Waals surface area contributed by atoms with E-state index in [9.17, 15) is 0 Å². The number of nitrogens with one attached hydrogen (secondary N) is 1. The largest absolute Gasteiger partial charge is 0.490 e. The summed E-state index contributed by atoms with van der Waals surface area (Å²) in [6.45, 7) is 4.40. The molecular formula is C15H23BrN2O. The Balaban J connectivity index is 2.00. The van der Waals surface area contributed by atoms with Crippen LogP contribution in [-0.4, -0.2) is 38.2 Å². The predicted octanol–water partition coefficient (Wildman–Crippen LogP) is 3.20. The first kappa shape index (κ1) is 14.8. The van der Waals surface area contributed by atoms with Crippen molar-refractivity contribution in [3.8, 4) is 5.75 Å². The first-order valence-electron chi connectivity index (χ1n) is 6.92. The third kappa shape index (κ3) is 3.94. The summed E-state index contributed by atoms with van der Waals surface area (Å²) in [4.78, 5) is 2.35. The van der Waals surface area contributed by atoms with Gasteiger partial charge in [0.15, 0.2) is 0 Å². The second-order valence-electron chi connectivity index (χ2n) is 5.31. The van der Waals surface area contributed by atoms with Crippen molar-refractivity contribution in [2.24, 2.45) is 0 Å². The number of rotatable bonds is 4. The first-order chi connectivity index (χ1) is 9.10. The second kappa shape index (κ2) is 6.73. The molecule has 2 rings (SSSR count). The van der Waals surface area contributed by atoms with Gasteiger partial charge in [0.25, 0.3) is 0 Å². The second-order valence-corrected chi connectivity index (χ2v) is 6.17. The average Bonchev–Trinajstić information content (AvgIpc) is 2.41. The standard InChI is InChI=1S/C15H23BrN2O/c1-11(17-2)14-5-4-13(10-15(14)16)19-12-6-8-18(3)9-7-12/h4-5,10-12,17H,6-9H2,1-3H3. The van der Waals surface area contributed by atoms with Gasteiger partial charge in [-0.25, -0.2) is 0 Å². The van der Waals surface area contributed by atoms with E-state index in [-0.39, 0.29) is 0 Å². The third-order valence-electron chi connectivity index (χ3n) is 3.84. The van der Waals surface area contributed by atoms with E-state index < -0.39 is 0 Å². The van der Waals surface area contributed by atoms with E-state index in [1.165, 1.54) is 5.56 Å². The van der Waals surface area contributed by atoms with E-state index in [4.69, 9.17) is 4.74 Å². The Morgan fingerprint density at radius 3 is 2.63 bits per heavy atom. The molecule has 0 saturated carbocycles. The Kier molecular flexibility index (Phi) is 5.25. The van der Waals surface area contributed by atoms with Crippen molar-refractivity contribution >= 4 is 15.9 Å². The molecule has 0 aliphatic carbocycles. The van der Waals surface area contributed by atoms with Crippen LogP contribution in [0, 0.1) is 0 Å². The number of likely N-dealkylation sites (tertiary alicyclic amines) is 1. The van der Waals surface area contributed by atoms with Gasteiger partial charge < -0.3 is 15.0 Å². The highest BCUT2D eigenvalue weighted by atomic mass is 79.9. The molecule has 1 N–H and O–H groups in total. The van der Waals surface area contributed by atoms with Crippen molar-refractivity contribution in [1.29, 1.82) is 0 Å². The van der Waals surface area contributed by atoms with Gasteiger partial charge in [-0.2, -0.15) is 0 Å². The summed E-state index contributed by atoms with van der Waals surface area (Å²) < 4.78 is 7.19. The first-order valence-corrected chi connectivity index (χ1v) is 7.71. The maximum absolute atomic E-state index is 6.08. The molecule has 3 nitrogen and oxygen atoms in total. The van der Waals surface area contributed by atoms with Gasteiger partial charge in [-0.1, -0.05) is 22.0 Å². The fourth-order valence-electron chi connectivity index (χ4n) is 2.38. The monoisotopic (exact) mass is 326 g/mol. The summed E-state index contributed by atoms with van der Waals surface area (Å²) in [6.07, 6.45) is 2.58. The zero-order chi connectivity index (χ0) is 13.8. The van der Waals surface area contributed by atoms with Crippen LogP contribution in [0.2, 0.25) is 0 Å². The van der Waals surface area contributed by atoms with E-state index in [1.54, 1.807) is 0 Å². The van der Waals surface area contributed by atoms with E-state index in [1.807, 2.05) is 7.05 Å². The predicted molar refractivity (Wildman–Crippen MR) is 82.8 cm³/mol. The number of benzene rings is 1. The fraction of sp³-hybridized carbons (Fsp3) is 0.600. The third-order valence-corrected chi connectivity index (χ3v) is 4.53. The number of hydrogen-bond donors (Lipinski definition) is 1. The van der Waals surface area contributed by atoms with E-state index in [0.717, 1.165) is 36.2 Å². The molecule has 1 aromatic carbocycles. The molecule has 0 amide bonds. The van der Waals surface area contributed by atoms with Crippen LogP contribution in [0.5, 0.6) is 5.75 Å². The van der Waals surface area contributed by atoms with Crippen molar-refractivity contribution in [3.63, 3.8) is 0 Å². The number of nitrogens with zero attached hydrogens (tertiary/aromatic N) is 1. The highest BCUT2D eigenvalue weighted by Crippen LogP contribution is 2.29. The highest BCUT2D eigenvalue weighted by molar-refractivity contribution is 9.10. The zero-order valence-electron chi connectivity index (χ0n) is 11.9. The average molecular weight is 327 g/mol. The van der Waals surface area contributed by atoms with Gasteiger partial charge in [0.1, 0.15) is 11.9 Å². The lowest BCUT2D eigenvalue weighted by molar-refractivity contribution is 0.114. The maximum atomic E-state index is 6.08. The van der Waals surface area contributed by atoms with Crippen molar-refractivity contribution in [2.75, 3.05) is 27.2 Å². The molecule has 1 aromatic rings. The lowest BCUT2D eigenvalue weighted by atomic mass is 10.1. The fourth-order valence-corrected chi connectivity index (χ4v) is 3.08. The lowest BCUT2D eigenvalue weighted by Crippen LogP contribution is -2.35. The zero-order valence-corrected chi connectivity index (χ0v) is 13.5. The van der Waals surface area contributed by atoms with Gasteiger partial charge in [-0.15, -0.1) is 0 Å². The Morgan fingerprint density at radius 2 is 2.05 bits per heavy atom. The minimum Gasteiger partial charge on any atom is -0.490 e. The van der Waals surface area contributed by atoms with Gasteiger partial charge in [-0.3, -0.25) is 0 Å². The van der Waals surface area contributed by atoms with Crippen LogP contribution in [0.4, 0.5) is 0 Å². The Morgan fingerprint density at radius 1 is 1.37 bits per heavy atom. The van der Waals surface area contributed by atoms with Crippen LogP contribution in [-0.2, 0) is 0 Å². The number of halogens is 1. The SMILES string of the molecule is CNC(C)c1ccc(OC2CCN(C)CC2)cc1Br. The van der Waals surface area contributed by atoms with Crippen molar-refractivity contribution in [3.05, 3.63) is 28.2 Å². The molecular weight excluding hydrogens is 304 g/mol. The molecule has 1 aliphatic heterocycles. The topological polar surface area (TPSA) is 24.5 Å². The van der Waals surface area contributed by atoms with Crippen LogP contribution in [0.25, 0.3) is 0 Å². The smallest absolute Gasteiger partial charge is 0.120 e. The molecule has 1 heterocycles. The number of piperidine rings is 1. The van der Waals surface area contributed by atoms with Crippen molar-refractivity contribution in [2.45, 2.75) is 31.9 Å². The Hall–Kier alpha value is -0.580. The van der Waals surface area contributed by atoms with Crippen molar-refractivity contribution in [1.82, 2.24) is 10.2 Å². The van der Waals surface area contributed by atoms with Gasteiger partial charge >= 0.3 is 0 Å². The van der Waals surface area contributed by atoms with Gasteiger partial charge in [0.2, 0.25) is 0 Å². The normalized spacial score (nSPS) is 19.4. The molecule has 0 radical (unpaired) electrons. The molecule has 1 unspecified atom stereocenters. The highest BCUT2D eigenvalue weighted by Gasteiger charge is 2.18. The van der Waals surface area contributed by atoms with Gasteiger partial charge in [0, 0.05) is 23.6 Å². The summed E-state index contributed by atoms with van der Waals surface area (Å²) in [7, 11) is 4.14. The van der Waals surface area contributed by atoms with Crippen LogP contribution in [0.1, 0.15) is 31.4 Å². The van der Waals surface area contributed by atoms with E-state index >= 15 is 0 Å². The maximum Gasteiger partial charge on any atom is 0.120 e. The molecule has 0 bridgehead atoms. The summed E-state index contributed by atoms with van der Waals surface area (Å²) in [5.41, 5.74) is 1.26. The van der Waals surface area contributed by atoms with E-state index in [2.05, 4.69) is 58.3 Å². The minimum absolute atomic E-state index is 0.340. The summed E-state index contributed by atoms with van der Waals surface area (Å²) in [6, 6.07) is 6.63. The Bertz CT molecular complexity index is 417. The molecule has 0 aromatic heterocycles. The summed E-state index contributed by atoms with van der Waals surface area (Å²) >= 11 is 3.63. The van der Waals surface area contributed by atoms with Crippen LogP contribution < -0.4 is 10.1 Å². The molecule has 1 atom stereocenters. The molecule has 1 fully saturated rings. The van der Waals surface area contributed by atoms with Crippen molar-refractivity contribution < 1.29 is 4.74 Å². The molecule has 19 heavy (non-hydrogen) atoms. The lowest BCUT2D eigenvalue weighted by Gasteiger charge is -2.29. The van der Waals surface area contributed by atoms with Crippen LogP contribution >= 0.6 is 15.9 Å². The van der Waals surface area contributed by atoms with Gasteiger partial charge in [-0.05, 0) is 51.6 Å². The number of ether oxygens (including phenoxy) is 1.